The minimum atomic E-state index is -1.10. The van der Waals surface area contributed by atoms with Gasteiger partial charge in [0.25, 0.3) is 0 Å². The van der Waals surface area contributed by atoms with Gasteiger partial charge in [-0.15, -0.1) is 0 Å². The minimum Gasteiger partial charge on any atom is -0.481 e. The molecule has 1 aliphatic heterocycles. The average molecular weight is 342 g/mol. The van der Waals surface area contributed by atoms with E-state index in [1.54, 1.807) is 25.7 Å². The number of likely N-dealkylation sites (tertiary alicyclic amines) is 1. The largest absolute Gasteiger partial charge is 0.481 e. The summed E-state index contributed by atoms with van der Waals surface area (Å²) in [7, 11) is 0. The van der Waals surface area contributed by atoms with Crippen LogP contribution in [0.4, 0.5) is 4.79 Å². The molecule has 0 aromatic heterocycles. The number of rotatable bonds is 6. The second kappa shape index (κ2) is 8.89. The fourth-order valence-corrected chi connectivity index (χ4v) is 2.76. The van der Waals surface area contributed by atoms with E-state index in [0.717, 1.165) is 19.3 Å². The zero-order chi connectivity index (χ0) is 18.3. The lowest BCUT2D eigenvalue weighted by Crippen LogP contribution is -2.54. The zero-order valence-electron chi connectivity index (χ0n) is 15.2. The normalized spacial score (nSPS) is 16.4. The number of aliphatic carboxylic acids is 1. The van der Waals surface area contributed by atoms with Crippen LogP contribution in [0.25, 0.3) is 0 Å². The van der Waals surface area contributed by atoms with Crippen LogP contribution in [0.15, 0.2) is 0 Å². The summed E-state index contributed by atoms with van der Waals surface area (Å²) >= 11 is 0. The van der Waals surface area contributed by atoms with Gasteiger partial charge in [0.2, 0.25) is 5.91 Å². The average Bonchev–Trinajstić information content (AvgIpc) is 2.49. The predicted octanol–water partition coefficient (Wildman–Crippen LogP) is 2.49. The molecule has 2 amide bonds. The highest BCUT2D eigenvalue weighted by molar-refractivity contribution is 5.89. The van der Waals surface area contributed by atoms with Crippen LogP contribution in [0.1, 0.15) is 59.8 Å². The lowest BCUT2D eigenvalue weighted by Gasteiger charge is -2.36. The summed E-state index contributed by atoms with van der Waals surface area (Å²) in [5, 5.41) is 9.21. The maximum atomic E-state index is 12.8. The number of ether oxygens (including phenoxy) is 1. The maximum absolute atomic E-state index is 12.8. The Bertz CT molecular complexity index is 452. The molecule has 1 heterocycles. The van der Waals surface area contributed by atoms with Gasteiger partial charge in [-0.25, -0.2) is 4.79 Å². The molecule has 138 valence electrons. The Hall–Kier alpha value is -1.79. The number of amides is 2. The molecule has 1 rings (SSSR count). The van der Waals surface area contributed by atoms with Gasteiger partial charge in [-0.2, -0.15) is 0 Å². The molecule has 1 fully saturated rings. The molecule has 0 bridgehead atoms. The number of carboxylic acids is 1. The van der Waals surface area contributed by atoms with Crippen molar-refractivity contribution in [2.45, 2.75) is 71.4 Å². The van der Waals surface area contributed by atoms with Crippen LogP contribution < -0.4 is 0 Å². The summed E-state index contributed by atoms with van der Waals surface area (Å²) in [6, 6.07) is -1.02. The third-order valence-corrected chi connectivity index (χ3v) is 3.79. The van der Waals surface area contributed by atoms with E-state index in [0.29, 0.717) is 19.5 Å². The van der Waals surface area contributed by atoms with Crippen LogP contribution in [-0.4, -0.2) is 64.2 Å². The molecule has 7 heteroatoms. The van der Waals surface area contributed by atoms with E-state index in [4.69, 9.17) is 4.74 Å². The summed E-state index contributed by atoms with van der Waals surface area (Å²) in [6.45, 7) is 8.62. The molecule has 0 aliphatic carbocycles. The summed E-state index contributed by atoms with van der Waals surface area (Å²) in [6.07, 6.45) is 2.45. The molecular weight excluding hydrogens is 312 g/mol. The smallest absolute Gasteiger partial charge is 0.410 e. The Morgan fingerprint density at radius 1 is 1.17 bits per heavy atom. The van der Waals surface area contributed by atoms with Crippen molar-refractivity contribution in [1.29, 1.82) is 0 Å². The molecule has 0 aromatic rings. The van der Waals surface area contributed by atoms with Crippen molar-refractivity contribution < 1.29 is 24.2 Å². The number of hydrogen-bond acceptors (Lipinski definition) is 4. The van der Waals surface area contributed by atoms with Crippen molar-refractivity contribution in [3.63, 3.8) is 0 Å². The second-order valence-electron chi connectivity index (χ2n) is 7.17. The molecule has 1 N–H and O–H groups in total. The molecule has 24 heavy (non-hydrogen) atoms. The first-order valence-corrected chi connectivity index (χ1v) is 8.66. The number of carbonyl (C=O) groups is 3. The standard InChI is InChI=1S/C17H30N2O5/c1-5-9-19(16(23)24-17(2,3)4)13(12-14(20)21)15(22)18-10-7-6-8-11-18/h13H,5-12H2,1-4H3,(H,20,21). The first-order valence-electron chi connectivity index (χ1n) is 8.66. The van der Waals surface area contributed by atoms with Gasteiger partial charge in [-0.1, -0.05) is 6.92 Å². The third kappa shape index (κ3) is 6.37. The molecule has 1 atom stereocenters. The first-order chi connectivity index (χ1) is 11.2. The summed E-state index contributed by atoms with van der Waals surface area (Å²) in [4.78, 5) is 39.5. The van der Waals surface area contributed by atoms with Gasteiger partial charge < -0.3 is 14.7 Å². The van der Waals surface area contributed by atoms with Crippen molar-refractivity contribution in [3.8, 4) is 0 Å². The summed E-state index contributed by atoms with van der Waals surface area (Å²) < 4.78 is 5.38. The van der Waals surface area contributed by atoms with Crippen LogP contribution in [0.2, 0.25) is 0 Å². The monoisotopic (exact) mass is 342 g/mol. The van der Waals surface area contributed by atoms with E-state index < -0.39 is 30.1 Å². The van der Waals surface area contributed by atoms with E-state index in [2.05, 4.69) is 0 Å². The van der Waals surface area contributed by atoms with Gasteiger partial charge >= 0.3 is 12.1 Å². The number of carbonyl (C=O) groups excluding carboxylic acids is 2. The molecule has 0 saturated carbocycles. The van der Waals surface area contributed by atoms with Crippen molar-refractivity contribution in [2.24, 2.45) is 0 Å². The highest BCUT2D eigenvalue weighted by atomic mass is 16.6. The van der Waals surface area contributed by atoms with Crippen LogP contribution >= 0.6 is 0 Å². The Morgan fingerprint density at radius 2 is 1.75 bits per heavy atom. The fraction of sp³-hybridized carbons (Fsp3) is 0.824. The van der Waals surface area contributed by atoms with Crippen LogP contribution in [0, 0.1) is 0 Å². The second-order valence-corrected chi connectivity index (χ2v) is 7.17. The predicted molar refractivity (Wildman–Crippen MR) is 89.7 cm³/mol. The lowest BCUT2D eigenvalue weighted by molar-refractivity contribution is -0.146. The molecule has 0 aromatic carbocycles. The van der Waals surface area contributed by atoms with Gasteiger partial charge in [0.15, 0.2) is 0 Å². The first kappa shape index (κ1) is 20.3. The summed E-state index contributed by atoms with van der Waals surface area (Å²) in [5.74, 6) is -1.40. The van der Waals surface area contributed by atoms with Crippen molar-refractivity contribution in [1.82, 2.24) is 9.80 Å². The minimum absolute atomic E-state index is 0.284. The van der Waals surface area contributed by atoms with Crippen molar-refractivity contribution in [2.75, 3.05) is 19.6 Å². The topological polar surface area (TPSA) is 87.1 Å². The number of piperidine rings is 1. The zero-order valence-corrected chi connectivity index (χ0v) is 15.2. The molecule has 7 nitrogen and oxygen atoms in total. The highest BCUT2D eigenvalue weighted by Gasteiger charge is 2.36. The number of nitrogens with zero attached hydrogens (tertiary/aromatic N) is 2. The SMILES string of the molecule is CCCN(C(=O)OC(C)(C)C)C(CC(=O)O)C(=O)N1CCCCC1. The Labute approximate surface area is 143 Å². The van der Waals surface area contributed by atoms with Crippen LogP contribution in [-0.2, 0) is 14.3 Å². The van der Waals surface area contributed by atoms with E-state index in [1.165, 1.54) is 4.90 Å². The van der Waals surface area contributed by atoms with E-state index in [-0.39, 0.29) is 12.5 Å². The van der Waals surface area contributed by atoms with Gasteiger partial charge in [-0.3, -0.25) is 14.5 Å². The number of carboxylic acid groups (broad SMARTS) is 1. The molecular formula is C17H30N2O5. The lowest BCUT2D eigenvalue weighted by atomic mass is 10.1. The highest BCUT2D eigenvalue weighted by Crippen LogP contribution is 2.18. The molecule has 0 radical (unpaired) electrons. The Kier molecular flexibility index (Phi) is 7.51. The number of hydrogen-bond donors (Lipinski definition) is 1. The van der Waals surface area contributed by atoms with E-state index in [9.17, 15) is 19.5 Å². The van der Waals surface area contributed by atoms with E-state index in [1.807, 2.05) is 6.92 Å². The van der Waals surface area contributed by atoms with Crippen LogP contribution in [0.5, 0.6) is 0 Å². The van der Waals surface area contributed by atoms with Crippen molar-refractivity contribution in [3.05, 3.63) is 0 Å². The van der Waals surface area contributed by atoms with Crippen LogP contribution in [0.3, 0.4) is 0 Å². The van der Waals surface area contributed by atoms with Gasteiger partial charge in [0.1, 0.15) is 11.6 Å². The maximum Gasteiger partial charge on any atom is 0.410 e. The summed E-state index contributed by atoms with van der Waals surface area (Å²) in [5.41, 5.74) is -0.703. The van der Waals surface area contributed by atoms with E-state index >= 15 is 0 Å². The molecule has 1 saturated heterocycles. The van der Waals surface area contributed by atoms with Gasteiger partial charge in [0.05, 0.1) is 6.42 Å². The fourth-order valence-electron chi connectivity index (χ4n) is 2.76. The van der Waals surface area contributed by atoms with Gasteiger partial charge in [0, 0.05) is 19.6 Å². The molecule has 1 aliphatic rings. The quantitative estimate of drug-likeness (QED) is 0.801. The molecule has 1 unspecified atom stereocenters. The Balaban J connectivity index is 3.00. The third-order valence-electron chi connectivity index (χ3n) is 3.79. The van der Waals surface area contributed by atoms with Gasteiger partial charge in [-0.05, 0) is 46.5 Å². The Morgan fingerprint density at radius 3 is 2.21 bits per heavy atom. The van der Waals surface area contributed by atoms with Crippen molar-refractivity contribution >= 4 is 18.0 Å². The molecule has 0 spiro atoms.